The third kappa shape index (κ3) is 2.42. The summed E-state index contributed by atoms with van der Waals surface area (Å²) in [5.74, 6) is -1.45. The Bertz CT molecular complexity index is 543. The van der Waals surface area contributed by atoms with E-state index in [0.717, 1.165) is 12.1 Å². The van der Waals surface area contributed by atoms with Gasteiger partial charge in [-0.05, 0) is 23.8 Å². The van der Waals surface area contributed by atoms with Gasteiger partial charge in [-0.15, -0.1) is 0 Å². The highest BCUT2D eigenvalue weighted by molar-refractivity contribution is 5.43. The Kier molecular flexibility index (Phi) is 3.06. The van der Waals surface area contributed by atoms with Gasteiger partial charge < -0.3 is 10.8 Å². The van der Waals surface area contributed by atoms with Gasteiger partial charge in [-0.1, -0.05) is 18.2 Å². The number of anilines is 1. The van der Waals surface area contributed by atoms with E-state index in [1.165, 1.54) is 6.07 Å². The van der Waals surface area contributed by atoms with Crippen molar-refractivity contribution in [3.63, 3.8) is 0 Å². The van der Waals surface area contributed by atoms with Crippen LogP contribution in [0.25, 0.3) is 0 Å². The Morgan fingerprint density at radius 3 is 2.47 bits per heavy atom. The lowest BCUT2D eigenvalue weighted by Gasteiger charge is -2.12. The third-order valence-electron chi connectivity index (χ3n) is 2.48. The molecular weight excluding hydrogens is 224 g/mol. The molecule has 2 rings (SSSR count). The first-order chi connectivity index (χ1) is 8.08. The van der Waals surface area contributed by atoms with Crippen LogP contribution >= 0.6 is 0 Å². The normalized spacial score (nSPS) is 12.4. The first-order valence-electron chi connectivity index (χ1n) is 5.06. The number of hydrogen-bond donors (Lipinski definition) is 2. The van der Waals surface area contributed by atoms with E-state index in [4.69, 9.17) is 5.73 Å². The van der Waals surface area contributed by atoms with Crippen molar-refractivity contribution in [2.45, 2.75) is 6.10 Å². The molecule has 1 atom stereocenters. The maximum atomic E-state index is 13.5. The number of hydrogen-bond acceptors (Lipinski definition) is 2. The summed E-state index contributed by atoms with van der Waals surface area (Å²) in [7, 11) is 0. The first kappa shape index (κ1) is 11.5. The molecule has 0 aromatic heterocycles. The summed E-state index contributed by atoms with van der Waals surface area (Å²) < 4.78 is 26.2. The van der Waals surface area contributed by atoms with Gasteiger partial charge in [-0.25, -0.2) is 8.78 Å². The molecule has 3 N–H and O–H groups in total. The minimum atomic E-state index is -1.15. The Hall–Kier alpha value is -1.94. The second kappa shape index (κ2) is 4.51. The van der Waals surface area contributed by atoms with Crippen LogP contribution in [0.3, 0.4) is 0 Å². The van der Waals surface area contributed by atoms with Crippen LogP contribution in [0.2, 0.25) is 0 Å². The van der Waals surface area contributed by atoms with Gasteiger partial charge in [0.25, 0.3) is 0 Å². The molecule has 0 saturated carbocycles. The second-order valence-electron chi connectivity index (χ2n) is 3.74. The van der Waals surface area contributed by atoms with E-state index in [1.807, 2.05) is 0 Å². The van der Waals surface area contributed by atoms with Gasteiger partial charge in [0.15, 0.2) is 0 Å². The average Bonchev–Trinajstić information content (AvgIpc) is 2.28. The van der Waals surface area contributed by atoms with Crippen LogP contribution in [-0.4, -0.2) is 5.11 Å². The van der Waals surface area contributed by atoms with Crippen LogP contribution in [0.1, 0.15) is 17.2 Å². The molecule has 0 radical (unpaired) electrons. The minimum Gasteiger partial charge on any atom is -0.399 e. The lowest BCUT2D eigenvalue weighted by atomic mass is 10.0. The van der Waals surface area contributed by atoms with Gasteiger partial charge in [0, 0.05) is 17.3 Å². The van der Waals surface area contributed by atoms with Crippen LogP contribution in [-0.2, 0) is 0 Å². The fourth-order valence-electron chi connectivity index (χ4n) is 1.63. The highest BCUT2D eigenvalue weighted by Crippen LogP contribution is 2.25. The predicted molar refractivity (Wildman–Crippen MR) is 61.3 cm³/mol. The summed E-state index contributed by atoms with van der Waals surface area (Å²) in [4.78, 5) is 0. The molecule has 2 nitrogen and oxygen atoms in total. The van der Waals surface area contributed by atoms with E-state index >= 15 is 0 Å². The van der Waals surface area contributed by atoms with Crippen molar-refractivity contribution < 1.29 is 13.9 Å². The van der Waals surface area contributed by atoms with Crippen molar-refractivity contribution in [2.75, 3.05) is 5.73 Å². The number of aliphatic hydroxyl groups excluding tert-OH is 1. The molecule has 0 saturated heterocycles. The fourth-order valence-corrected chi connectivity index (χ4v) is 1.63. The molecule has 4 heteroatoms. The molecule has 0 aliphatic rings. The molecule has 0 aliphatic heterocycles. The summed E-state index contributed by atoms with van der Waals surface area (Å²) in [6.07, 6.45) is -1.15. The van der Waals surface area contributed by atoms with E-state index < -0.39 is 17.7 Å². The van der Waals surface area contributed by atoms with E-state index in [1.54, 1.807) is 24.3 Å². The quantitative estimate of drug-likeness (QED) is 0.786. The molecule has 0 spiro atoms. The van der Waals surface area contributed by atoms with Gasteiger partial charge in [-0.3, -0.25) is 0 Å². The Balaban J connectivity index is 2.40. The number of nitrogen functional groups attached to an aromatic ring is 1. The molecule has 2 aromatic carbocycles. The second-order valence-corrected chi connectivity index (χ2v) is 3.74. The van der Waals surface area contributed by atoms with Crippen molar-refractivity contribution in [2.24, 2.45) is 0 Å². The van der Waals surface area contributed by atoms with Crippen molar-refractivity contribution in [1.82, 2.24) is 0 Å². The smallest absolute Gasteiger partial charge is 0.132 e. The van der Waals surface area contributed by atoms with Crippen molar-refractivity contribution in [3.8, 4) is 0 Å². The van der Waals surface area contributed by atoms with Gasteiger partial charge in [0.2, 0.25) is 0 Å². The van der Waals surface area contributed by atoms with Gasteiger partial charge in [0.05, 0.1) is 0 Å². The highest BCUT2D eigenvalue weighted by Gasteiger charge is 2.15. The van der Waals surface area contributed by atoms with E-state index in [-0.39, 0.29) is 5.56 Å². The van der Waals surface area contributed by atoms with Crippen LogP contribution in [0, 0.1) is 11.6 Å². The molecule has 88 valence electrons. The summed E-state index contributed by atoms with van der Waals surface area (Å²) >= 11 is 0. The van der Waals surface area contributed by atoms with Crippen molar-refractivity contribution in [3.05, 3.63) is 65.2 Å². The predicted octanol–water partition coefficient (Wildman–Crippen LogP) is 2.63. The molecule has 17 heavy (non-hydrogen) atoms. The molecular formula is C13H11F2NO. The number of rotatable bonds is 2. The lowest BCUT2D eigenvalue weighted by molar-refractivity contribution is 0.215. The Morgan fingerprint density at radius 1 is 1.06 bits per heavy atom. The molecule has 0 heterocycles. The van der Waals surface area contributed by atoms with Crippen LogP contribution in [0.5, 0.6) is 0 Å². The molecule has 0 bridgehead atoms. The molecule has 0 fully saturated rings. The summed E-state index contributed by atoms with van der Waals surface area (Å²) in [6.45, 7) is 0. The number of benzene rings is 2. The summed E-state index contributed by atoms with van der Waals surface area (Å²) in [6, 6.07) is 9.57. The third-order valence-corrected chi connectivity index (χ3v) is 2.48. The zero-order valence-corrected chi connectivity index (χ0v) is 8.90. The zero-order chi connectivity index (χ0) is 12.4. The van der Waals surface area contributed by atoms with Gasteiger partial charge in [-0.2, -0.15) is 0 Å². The summed E-state index contributed by atoms with van der Waals surface area (Å²) in [5, 5.41) is 9.97. The maximum absolute atomic E-state index is 13.5. The highest BCUT2D eigenvalue weighted by atomic mass is 19.1. The lowest BCUT2D eigenvalue weighted by Crippen LogP contribution is -2.03. The topological polar surface area (TPSA) is 46.2 Å². The minimum absolute atomic E-state index is 0.0250. The summed E-state index contributed by atoms with van der Waals surface area (Å²) in [5.41, 5.74) is 6.54. The standard InChI is InChI=1S/C13H11F2NO/c14-9-4-5-11(12(15)7-9)13(17)8-2-1-3-10(16)6-8/h1-7,13,17H,16H2. The van der Waals surface area contributed by atoms with E-state index in [2.05, 4.69) is 0 Å². The largest absolute Gasteiger partial charge is 0.399 e. The van der Waals surface area contributed by atoms with Crippen molar-refractivity contribution in [1.29, 1.82) is 0 Å². The van der Waals surface area contributed by atoms with Crippen LogP contribution in [0.4, 0.5) is 14.5 Å². The zero-order valence-electron chi connectivity index (χ0n) is 8.90. The molecule has 2 aromatic rings. The maximum Gasteiger partial charge on any atom is 0.132 e. The Labute approximate surface area is 97.3 Å². The first-order valence-corrected chi connectivity index (χ1v) is 5.06. The van der Waals surface area contributed by atoms with Gasteiger partial charge >= 0.3 is 0 Å². The molecule has 1 unspecified atom stereocenters. The van der Waals surface area contributed by atoms with Crippen LogP contribution < -0.4 is 5.73 Å². The number of aliphatic hydroxyl groups is 1. The number of nitrogens with two attached hydrogens (primary N) is 1. The monoisotopic (exact) mass is 235 g/mol. The van der Waals surface area contributed by atoms with Gasteiger partial charge in [0.1, 0.15) is 17.7 Å². The SMILES string of the molecule is Nc1cccc(C(O)c2ccc(F)cc2F)c1. The molecule has 0 aliphatic carbocycles. The average molecular weight is 235 g/mol. The van der Waals surface area contributed by atoms with Crippen molar-refractivity contribution >= 4 is 5.69 Å². The molecule has 0 amide bonds. The van der Waals surface area contributed by atoms with E-state index in [9.17, 15) is 13.9 Å². The fraction of sp³-hybridized carbons (Fsp3) is 0.0769. The van der Waals surface area contributed by atoms with Crippen LogP contribution in [0.15, 0.2) is 42.5 Å². The Morgan fingerprint density at radius 2 is 1.82 bits per heavy atom. The van der Waals surface area contributed by atoms with E-state index in [0.29, 0.717) is 11.3 Å². The number of halogens is 2.